The summed E-state index contributed by atoms with van der Waals surface area (Å²) < 4.78 is 0. The SMILES string of the molecule is NC1NC(=O)C2=C(NC[C@H](CNc3ccc(C(=O)N[C@@H](CCC(=O)O)C(=O)O)cc3)N2C=O)N1. The number of anilines is 1. The Labute approximate surface area is 193 Å². The number of rotatable bonds is 10. The number of carboxylic acids is 2. The molecule has 0 aromatic heterocycles. The van der Waals surface area contributed by atoms with Crippen LogP contribution in [0.2, 0.25) is 0 Å². The number of nitrogens with zero attached hydrogens (tertiary/aromatic N) is 1. The molecule has 1 unspecified atom stereocenters. The summed E-state index contributed by atoms with van der Waals surface area (Å²) in [6, 6.07) is 4.43. The van der Waals surface area contributed by atoms with Crippen LogP contribution in [0.15, 0.2) is 35.8 Å². The molecular weight excluding hydrogens is 450 g/mol. The summed E-state index contributed by atoms with van der Waals surface area (Å²) in [4.78, 5) is 59.5. The zero-order valence-corrected chi connectivity index (χ0v) is 17.9. The molecule has 1 aromatic carbocycles. The number of carbonyl (C=O) groups excluding carboxylic acids is 3. The predicted octanol–water partition coefficient (Wildman–Crippen LogP) is -2.29. The van der Waals surface area contributed by atoms with Crippen molar-refractivity contribution >= 4 is 35.9 Å². The fraction of sp³-hybridized carbons (Fsp3) is 0.350. The van der Waals surface area contributed by atoms with Crippen molar-refractivity contribution in [2.45, 2.75) is 31.2 Å². The molecule has 14 heteroatoms. The number of hydrogen-bond acceptors (Lipinski definition) is 9. The smallest absolute Gasteiger partial charge is 0.326 e. The summed E-state index contributed by atoms with van der Waals surface area (Å²) in [5.74, 6) is -3.24. The summed E-state index contributed by atoms with van der Waals surface area (Å²) in [5, 5.41) is 31.7. The van der Waals surface area contributed by atoms with E-state index in [-0.39, 0.29) is 24.2 Å². The van der Waals surface area contributed by atoms with E-state index < -0.39 is 48.5 Å². The number of nitrogens with two attached hydrogens (primary N) is 1. The monoisotopic (exact) mass is 475 g/mol. The van der Waals surface area contributed by atoms with Crippen molar-refractivity contribution in [3.8, 4) is 0 Å². The van der Waals surface area contributed by atoms with Crippen LogP contribution >= 0.6 is 0 Å². The van der Waals surface area contributed by atoms with Crippen LogP contribution in [-0.2, 0) is 19.2 Å². The second kappa shape index (κ2) is 10.5. The highest BCUT2D eigenvalue weighted by atomic mass is 16.4. The maximum atomic E-state index is 12.3. The van der Waals surface area contributed by atoms with Gasteiger partial charge in [-0.1, -0.05) is 0 Å². The molecule has 0 aliphatic carbocycles. The zero-order valence-electron chi connectivity index (χ0n) is 17.9. The lowest BCUT2D eigenvalue weighted by atomic mass is 10.1. The Balaban J connectivity index is 1.59. The van der Waals surface area contributed by atoms with Crippen LogP contribution < -0.4 is 32.3 Å². The lowest BCUT2D eigenvalue weighted by Gasteiger charge is -2.40. The molecule has 0 bridgehead atoms. The number of hydrogen-bond donors (Lipinski definition) is 8. The van der Waals surface area contributed by atoms with E-state index >= 15 is 0 Å². The van der Waals surface area contributed by atoms with E-state index in [1.54, 1.807) is 12.1 Å². The summed E-state index contributed by atoms with van der Waals surface area (Å²) >= 11 is 0. The Morgan fingerprint density at radius 2 is 1.91 bits per heavy atom. The van der Waals surface area contributed by atoms with Crippen molar-refractivity contribution in [3.63, 3.8) is 0 Å². The molecule has 0 fully saturated rings. The van der Waals surface area contributed by atoms with Crippen LogP contribution in [0, 0.1) is 0 Å². The maximum absolute atomic E-state index is 12.3. The minimum Gasteiger partial charge on any atom is -0.481 e. The van der Waals surface area contributed by atoms with Gasteiger partial charge >= 0.3 is 11.9 Å². The third-order valence-corrected chi connectivity index (χ3v) is 5.26. The van der Waals surface area contributed by atoms with Gasteiger partial charge in [-0.2, -0.15) is 0 Å². The molecule has 182 valence electrons. The summed E-state index contributed by atoms with van der Waals surface area (Å²) in [5.41, 5.74) is 6.62. The van der Waals surface area contributed by atoms with E-state index in [4.69, 9.17) is 10.8 Å². The van der Waals surface area contributed by atoms with Gasteiger partial charge in [0.1, 0.15) is 11.9 Å². The molecule has 2 aliphatic rings. The van der Waals surface area contributed by atoms with Gasteiger partial charge in [-0.25, -0.2) is 4.79 Å². The number of amides is 3. The molecule has 9 N–H and O–H groups in total. The Bertz CT molecular complexity index is 1010. The van der Waals surface area contributed by atoms with Gasteiger partial charge in [0.25, 0.3) is 11.8 Å². The van der Waals surface area contributed by atoms with Gasteiger partial charge in [0.05, 0.1) is 6.04 Å². The average Bonchev–Trinajstić information content (AvgIpc) is 2.79. The molecule has 0 saturated carbocycles. The van der Waals surface area contributed by atoms with Crippen molar-refractivity contribution in [3.05, 3.63) is 41.3 Å². The highest BCUT2D eigenvalue weighted by Crippen LogP contribution is 2.19. The summed E-state index contributed by atoms with van der Waals surface area (Å²) in [6.07, 6.45) is -0.828. The molecule has 34 heavy (non-hydrogen) atoms. The molecule has 0 spiro atoms. The van der Waals surface area contributed by atoms with E-state index in [1.807, 2.05) is 0 Å². The minimum atomic E-state index is -1.32. The Hall–Kier alpha value is -4.33. The van der Waals surface area contributed by atoms with Crippen LogP contribution in [0.4, 0.5) is 5.69 Å². The van der Waals surface area contributed by atoms with E-state index in [0.717, 1.165) is 0 Å². The van der Waals surface area contributed by atoms with Crippen LogP contribution in [0.5, 0.6) is 0 Å². The van der Waals surface area contributed by atoms with Crippen molar-refractivity contribution < 1.29 is 34.2 Å². The van der Waals surface area contributed by atoms with E-state index in [0.29, 0.717) is 24.5 Å². The standard InChI is InChI=1S/C20H25N7O7/c21-20-25-16-15(18(32)26-20)27(9-28)12(8-23-16)7-22-11-3-1-10(2-4-11)17(31)24-13(19(33)34)5-6-14(29)30/h1-4,9,12-13,20,22-23,25H,5-8,21H2,(H,24,31)(H,26,32)(H,29,30)(H,33,34)/t12-,13-,20?/m0/s1. The highest BCUT2D eigenvalue weighted by molar-refractivity contribution is 5.97. The maximum Gasteiger partial charge on any atom is 0.326 e. The normalized spacial score (nSPS) is 20.1. The number of carbonyl (C=O) groups is 5. The minimum absolute atomic E-state index is 0.137. The summed E-state index contributed by atoms with van der Waals surface area (Å²) in [6.45, 7) is 0.634. The first kappa shape index (κ1) is 24.3. The van der Waals surface area contributed by atoms with Crippen LogP contribution in [0.1, 0.15) is 23.2 Å². The number of carboxylic acid groups (broad SMARTS) is 2. The van der Waals surface area contributed by atoms with Gasteiger partial charge in [0, 0.05) is 30.8 Å². The lowest BCUT2D eigenvalue weighted by Crippen LogP contribution is -2.64. The molecule has 3 atom stereocenters. The molecule has 14 nitrogen and oxygen atoms in total. The Kier molecular flexibility index (Phi) is 7.53. The number of aliphatic carboxylic acids is 2. The molecule has 1 aromatic rings. The second-order valence-electron chi connectivity index (χ2n) is 7.62. The average molecular weight is 475 g/mol. The van der Waals surface area contributed by atoms with Crippen molar-refractivity contribution in [2.75, 3.05) is 18.4 Å². The first-order valence-electron chi connectivity index (χ1n) is 10.3. The largest absolute Gasteiger partial charge is 0.481 e. The van der Waals surface area contributed by atoms with Gasteiger partial charge < -0.3 is 41.7 Å². The Morgan fingerprint density at radius 1 is 1.21 bits per heavy atom. The first-order valence-corrected chi connectivity index (χ1v) is 10.3. The topological polar surface area (TPSA) is 215 Å². The van der Waals surface area contributed by atoms with E-state index in [2.05, 4.69) is 26.6 Å². The molecule has 0 saturated heterocycles. The third-order valence-electron chi connectivity index (χ3n) is 5.26. The number of benzene rings is 1. The van der Waals surface area contributed by atoms with E-state index in [1.165, 1.54) is 17.0 Å². The van der Waals surface area contributed by atoms with Crippen LogP contribution in [0.25, 0.3) is 0 Å². The molecule has 2 heterocycles. The van der Waals surface area contributed by atoms with Crippen molar-refractivity contribution in [2.24, 2.45) is 5.73 Å². The van der Waals surface area contributed by atoms with E-state index in [9.17, 15) is 29.1 Å². The Morgan fingerprint density at radius 3 is 2.53 bits per heavy atom. The predicted molar refractivity (Wildman–Crippen MR) is 117 cm³/mol. The van der Waals surface area contributed by atoms with Crippen molar-refractivity contribution in [1.82, 2.24) is 26.2 Å². The number of nitrogens with one attached hydrogen (secondary N) is 5. The molecule has 2 aliphatic heterocycles. The van der Waals surface area contributed by atoms with Gasteiger partial charge in [-0.05, 0) is 30.7 Å². The lowest BCUT2D eigenvalue weighted by molar-refractivity contribution is -0.140. The van der Waals surface area contributed by atoms with Gasteiger partial charge in [-0.15, -0.1) is 0 Å². The fourth-order valence-electron chi connectivity index (χ4n) is 3.52. The first-order chi connectivity index (χ1) is 16.2. The summed E-state index contributed by atoms with van der Waals surface area (Å²) in [7, 11) is 0. The molecule has 0 radical (unpaired) electrons. The quantitative estimate of drug-likeness (QED) is 0.168. The van der Waals surface area contributed by atoms with Crippen LogP contribution in [0.3, 0.4) is 0 Å². The molecule has 3 rings (SSSR count). The zero-order chi connectivity index (χ0) is 24.8. The fourth-order valence-corrected chi connectivity index (χ4v) is 3.52. The van der Waals surface area contributed by atoms with Crippen molar-refractivity contribution in [1.29, 1.82) is 0 Å². The molecule has 3 amide bonds. The highest BCUT2D eigenvalue weighted by Gasteiger charge is 2.36. The molecular formula is C20H25N7O7. The van der Waals surface area contributed by atoms with Gasteiger partial charge in [0.2, 0.25) is 6.41 Å². The van der Waals surface area contributed by atoms with Gasteiger partial charge in [0.15, 0.2) is 12.0 Å². The third kappa shape index (κ3) is 5.72. The van der Waals surface area contributed by atoms with Crippen LogP contribution in [-0.4, -0.2) is 76.7 Å². The second-order valence-corrected chi connectivity index (χ2v) is 7.62. The van der Waals surface area contributed by atoms with Gasteiger partial charge in [-0.3, -0.25) is 24.9 Å².